The molecule has 0 atom stereocenters. The molecule has 1 aromatic carbocycles. The molecule has 1 aliphatic heterocycles. The zero-order valence-electron chi connectivity index (χ0n) is 11.6. The van der Waals surface area contributed by atoms with E-state index in [0.29, 0.717) is 40.2 Å². The number of hydrogen-bond acceptors (Lipinski definition) is 5. The highest BCUT2D eigenvalue weighted by Crippen LogP contribution is 2.38. The maximum Gasteiger partial charge on any atom is 0.290 e. The van der Waals surface area contributed by atoms with Gasteiger partial charge in [0.25, 0.3) is 11.1 Å². The number of halogens is 1. The van der Waals surface area contributed by atoms with E-state index >= 15 is 0 Å². The number of amides is 2. The number of nitrogens with one attached hydrogen (secondary N) is 1. The van der Waals surface area contributed by atoms with Crippen molar-refractivity contribution in [3.8, 4) is 11.5 Å². The van der Waals surface area contributed by atoms with Crippen LogP contribution in [-0.4, -0.2) is 24.4 Å². The standard InChI is InChI=1S/C14H14ClNO4S/c1-3-19-10-6-8(5-9(15)12(10)20-4-2)7-11-13(17)16-14(18)21-11/h5-7H,3-4H2,1-2H3,(H,16,17,18)/b11-7-. The lowest BCUT2D eigenvalue weighted by Gasteiger charge is -2.13. The van der Waals surface area contributed by atoms with Crippen LogP contribution in [0.1, 0.15) is 19.4 Å². The summed E-state index contributed by atoms with van der Waals surface area (Å²) < 4.78 is 11.0. The Morgan fingerprint density at radius 2 is 1.95 bits per heavy atom. The lowest BCUT2D eigenvalue weighted by Crippen LogP contribution is -2.17. The van der Waals surface area contributed by atoms with Crippen molar-refractivity contribution in [2.24, 2.45) is 0 Å². The third kappa shape index (κ3) is 3.71. The number of ether oxygens (including phenoxy) is 2. The first kappa shape index (κ1) is 15.7. The second kappa shape index (κ2) is 6.87. The highest BCUT2D eigenvalue weighted by atomic mass is 35.5. The van der Waals surface area contributed by atoms with Crippen LogP contribution in [0.4, 0.5) is 4.79 Å². The summed E-state index contributed by atoms with van der Waals surface area (Å²) in [7, 11) is 0. The minimum absolute atomic E-state index is 0.322. The number of rotatable bonds is 5. The van der Waals surface area contributed by atoms with Crippen molar-refractivity contribution in [3.05, 3.63) is 27.6 Å². The summed E-state index contributed by atoms with van der Waals surface area (Å²) in [4.78, 5) is 23.0. The van der Waals surface area contributed by atoms with Crippen LogP contribution >= 0.6 is 23.4 Å². The molecule has 5 nitrogen and oxygen atoms in total. The first-order chi connectivity index (χ1) is 10.0. The van der Waals surface area contributed by atoms with Crippen molar-refractivity contribution in [2.75, 3.05) is 13.2 Å². The molecule has 0 radical (unpaired) electrons. The van der Waals surface area contributed by atoms with E-state index in [1.54, 1.807) is 18.2 Å². The van der Waals surface area contributed by atoms with E-state index in [9.17, 15) is 9.59 Å². The normalized spacial score (nSPS) is 16.2. The summed E-state index contributed by atoms with van der Waals surface area (Å²) in [6, 6.07) is 3.39. The zero-order chi connectivity index (χ0) is 15.4. The Balaban J connectivity index is 2.39. The summed E-state index contributed by atoms with van der Waals surface area (Å²) in [5.41, 5.74) is 0.666. The average molecular weight is 328 g/mol. The van der Waals surface area contributed by atoms with Crippen LogP contribution in [0.15, 0.2) is 17.0 Å². The van der Waals surface area contributed by atoms with Gasteiger partial charge in [-0.25, -0.2) is 0 Å². The van der Waals surface area contributed by atoms with Crippen molar-refractivity contribution >= 4 is 40.6 Å². The van der Waals surface area contributed by atoms with Crippen molar-refractivity contribution in [1.29, 1.82) is 0 Å². The third-order valence-corrected chi connectivity index (χ3v) is 3.65. The molecular weight excluding hydrogens is 314 g/mol. The molecule has 1 N–H and O–H groups in total. The van der Waals surface area contributed by atoms with E-state index in [0.717, 1.165) is 11.8 Å². The maximum absolute atomic E-state index is 11.5. The maximum atomic E-state index is 11.5. The van der Waals surface area contributed by atoms with E-state index in [-0.39, 0.29) is 5.24 Å². The Kier molecular flexibility index (Phi) is 5.14. The van der Waals surface area contributed by atoms with Gasteiger partial charge in [-0.15, -0.1) is 0 Å². The summed E-state index contributed by atoms with van der Waals surface area (Å²) >= 11 is 7.05. The van der Waals surface area contributed by atoms with Gasteiger partial charge in [0.1, 0.15) is 0 Å². The highest BCUT2D eigenvalue weighted by Gasteiger charge is 2.25. The monoisotopic (exact) mass is 327 g/mol. The molecule has 2 rings (SSSR count). The van der Waals surface area contributed by atoms with Crippen molar-refractivity contribution < 1.29 is 19.1 Å². The fourth-order valence-electron chi connectivity index (χ4n) is 1.79. The molecule has 0 saturated carbocycles. The number of carbonyl (C=O) groups is 2. The molecule has 1 saturated heterocycles. The topological polar surface area (TPSA) is 64.6 Å². The lowest BCUT2D eigenvalue weighted by atomic mass is 10.2. The Morgan fingerprint density at radius 1 is 1.24 bits per heavy atom. The molecule has 2 amide bonds. The van der Waals surface area contributed by atoms with Gasteiger partial charge >= 0.3 is 0 Å². The summed E-state index contributed by atoms with van der Waals surface area (Å²) in [6.07, 6.45) is 1.59. The third-order valence-electron chi connectivity index (χ3n) is 2.56. The van der Waals surface area contributed by atoms with Gasteiger partial charge in [0.05, 0.1) is 23.1 Å². The highest BCUT2D eigenvalue weighted by molar-refractivity contribution is 8.18. The van der Waals surface area contributed by atoms with Crippen LogP contribution in [0.5, 0.6) is 11.5 Å². The predicted octanol–water partition coefficient (Wildman–Crippen LogP) is 3.46. The van der Waals surface area contributed by atoms with Crippen molar-refractivity contribution in [1.82, 2.24) is 5.32 Å². The van der Waals surface area contributed by atoms with Gasteiger partial charge in [-0.1, -0.05) is 11.6 Å². The number of benzene rings is 1. The summed E-state index contributed by atoms with van der Waals surface area (Å²) in [5.74, 6) is 0.573. The molecular formula is C14H14ClNO4S. The number of thioether (sulfide) groups is 1. The number of carbonyl (C=O) groups excluding carboxylic acids is 2. The Bertz CT molecular complexity index is 615. The van der Waals surface area contributed by atoms with Crippen LogP contribution < -0.4 is 14.8 Å². The fraction of sp³-hybridized carbons (Fsp3) is 0.286. The largest absolute Gasteiger partial charge is 0.490 e. The molecule has 0 unspecified atom stereocenters. The second-order valence-corrected chi connectivity index (χ2v) is 5.47. The Morgan fingerprint density at radius 3 is 2.52 bits per heavy atom. The van der Waals surface area contributed by atoms with Gasteiger partial charge in [-0.2, -0.15) is 0 Å². The first-order valence-electron chi connectivity index (χ1n) is 6.39. The van der Waals surface area contributed by atoms with Crippen molar-refractivity contribution in [3.63, 3.8) is 0 Å². The molecule has 1 fully saturated rings. The molecule has 0 aliphatic carbocycles. The second-order valence-electron chi connectivity index (χ2n) is 4.05. The van der Waals surface area contributed by atoms with Gasteiger partial charge < -0.3 is 9.47 Å². The quantitative estimate of drug-likeness (QED) is 0.839. The molecule has 1 aliphatic rings. The van der Waals surface area contributed by atoms with E-state index in [2.05, 4.69) is 5.32 Å². The number of hydrogen-bond donors (Lipinski definition) is 1. The van der Waals surface area contributed by atoms with Crippen LogP contribution in [0.25, 0.3) is 6.08 Å². The summed E-state index contributed by atoms with van der Waals surface area (Å²) in [5, 5.41) is 2.21. The predicted molar refractivity (Wildman–Crippen MR) is 82.9 cm³/mol. The Labute approximate surface area is 131 Å². The SMILES string of the molecule is CCOc1cc(/C=C2\SC(=O)NC2=O)cc(Cl)c1OCC. The summed E-state index contributed by atoms with van der Waals surface area (Å²) in [6.45, 7) is 4.64. The van der Waals surface area contributed by atoms with Crippen LogP contribution in [0, 0.1) is 0 Å². The molecule has 112 valence electrons. The van der Waals surface area contributed by atoms with Crippen LogP contribution in [-0.2, 0) is 4.79 Å². The van der Waals surface area contributed by atoms with E-state index in [1.807, 2.05) is 13.8 Å². The molecule has 7 heteroatoms. The molecule has 21 heavy (non-hydrogen) atoms. The van der Waals surface area contributed by atoms with Gasteiger partial charge in [0.2, 0.25) is 0 Å². The minimum Gasteiger partial charge on any atom is -0.490 e. The molecule has 0 bridgehead atoms. The smallest absolute Gasteiger partial charge is 0.290 e. The molecule has 1 aromatic rings. The first-order valence-corrected chi connectivity index (χ1v) is 7.58. The van der Waals surface area contributed by atoms with Crippen LogP contribution in [0.2, 0.25) is 5.02 Å². The lowest BCUT2D eigenvalue weighted by molar-refractivity contribution is -0.115. The average Bonchev–Trinajstić information content (AvgIpc) is 2.72. The zero-order valence-corrected chi connectivity index (χ0v) is 13.1. The van der Waals surface area contributed by atoms with E-state index < -0.39 is 5.91 Å². The van der Waals surface area contributed by atoms with Gasteiger partial charge in [0.15, 0.2) is 11.5 Å². The van der Waals surface area contributed by atoms with Gasteiger partial charge in [-0.3, -0.25) is 14.9 Å². The van der Waals surface area contributed by atoms with Gasteiger partial charge in [0, 0.05) is 0 Å². The van der Waals surface area contributed by atoms with Crippen molar-refractivity contribution in [2.45, 2.75) is 13.8 Å². The number of imide groups is 1. The molecule has 0 aromatic heterocycles. The van der Waals surface area contributed by atoms with E-state index in [1.165, 1.54) is 0 Å². The minimum atomic E-state index is -0.409. The van der Waals surface area contributed by atoms with Crippen LogP contribution in [0.3, 0.4) is 0 Å². The fourth-order valence-corrected chi connectivity index (χ4v) is 2.75. The van der Waals surface area contributed by atoms with Gasteiger partial charge in [-0.05, 0) is 49.4 Å². The molecule has 0 spiro atoms. The molecule has 1 heterocycles. The van der Waals surface area contributed by atoms with E-state index in [4.69, 9.17) is 21.1 Å². The Hall–Kier alpha value is -1.66.